The lowest BCUT2D eigenvalue weighted by Crippen LogP contribution is -2.45. The van der Waals surface area contributed by atoms with Crippen molar-refractivity contribution in [2.45, 2.75) is 51.0 Å². The van der Waals surface area contributed by atoms with Crippen LogP contribution in [0.25, 0.3) is 0 Å². The van der Waals surface area contributed by atoms with Crippen molar-refractivity contribution in [1.82, 2.24) is 5.32 Å². The fourth-order valence-corrected chi connectivity index (χ4v) is 2.56. The average Bonchev–Trinajstić information content (AvgIpc) is 2.53. The molecule has 1 rings (SSSR count). The summed E-state index contributed by atoms with van der Waals surface area (Å²) in [4.78, 5) is 0. The van der Waals surface area contributed by atoms with E-state index in [1.54, 1.807) is 7.11 Å². The summed E-state index contributed by atoms with van der Waals surface area (Å²) in [5.74, 6) is 0.463. The van der Waals surface area contributed by atoms with Crippen LogP contribution < -0.4 is 5.32 Å². The maximum Gasteiger partial charge on any atom is 0.0771 e. The Balaban J connectivity index is 2.29. The van der Waals surface area contributed by atoms with E-state index in [1.807, 2.05) is 6.92 Å². The van der Waals surface area contributed by atoms with Crippen LogP contribution in [0.15, 0.2) is 0 Å². The Hall–Kier alpha value is -0.120. The SMILES string of the molecule is COCCNCC(C)(O)C1CCCCCC1. The standard InChI is InChI=1S/C13H27NO2/c1-13(15,11-14-9-10-16-2)12-7-5-3-4-6-8-12/h12,14-15H,3-11H2,1-2H3. The highest BCUT2D eigenvalue weighted by atomic mass is 16.5. The van der Waals surface area contributed by atoms with Gasteiger partial charge in [0.2, 0.25) is 0 Å². The fourth-order valence-electron chi connectivity index (χ4n) is 2.56. The van der Waals surface area contributed by atoms with Crippen molar-refractivity contribution in [3.63, 3.8) is 0 Å². The number of aliphatic hydroxyl groups is 1. The van der Waals surface area contributed by atoms with Crippen molar-refractivity contribution in [3.05, 3.63) is 0 Å². The van der Waals surface area contributed by atoms with Crippen LogP contribution in [-0.4, -0.2) is 37.5 Å². The van der Waals surface area contributed by atoms with Gasteiger partial charge >= 0.3 is 0 Å². The fraction of sp³-hybridized carbons (Fsp3) is 1.00. The monoisotopic (exact) mass is 229 g/mol. The molecule has 1 saturated carbocycles. The third-order valence-electron chi connectivity index (χ3n) is 3.70. The van der Waals surface area contributed by atoms with Crippen LogP contribution in [0.2, 0.25) is 0 Å². The molecule has 0 bridgehead atoms. The van der Waals surface area contributed by atoms with Crippen LogP contribution in [0, 0.1) is 5.92 Å². The zero-order valence-electron chi connectivity index (χ0n) is 10.8. The van der Waals surface area contributed by atoms with Crippen molar-refractivity contribution in [2.75, 3.05) is 26.8 Å². The van der Waals surface area contributed by atoms with E-state index < -0.39 is 5.60 Å². The summed E-state index contributed by atoms with van der Waals surface area (Å²) in [7, 11) is 1.70. The van der Waals surface area contributed by atoms with E-state index in [4.69, 9.17) is 4.74 Å². The molecule has 0 aliphatic heterocycles. The van der Waals surface area contributed by atoms with Gasteiger partial charge in [0.1, 0.15) is 0 Å². The van der Waals surface area contributed by atoms with Crippen molar-refractivity contribution in [2.24, 2.45) is 5.92 Å². The summed E-state index contributed by atoms with van der Waals surface area (Å²) in [5, 5.41) is 13.7. The summed E-state index contributed by atoms with van der Waals surface area (Å²) in [5.41, 5.74) is -0.557. The second-order valence-corrected chi connectivity index (χ2v) is 5.22. The maximum atomic E-state index is 10.5. The van der Waals surface area contributed by atoms with Gasteiger partial charge in [0.05, 0.1) is 12.2 Å². The molecular weight excluding hydrogens is 202 g/mol. The molecule has 0 amide bonds. The topological polar surface area (TPSA) is 41.5 Å². The number of methoxy groups -OCH3 is 1. The summed E-state index contributed by atoms with van der Waals surface area (Å²) in [6.45, 7) is 4.18. The zero-order chi connectivity index (χ0) is 11.9. The Morgan fingerprint density at radius 3 is 2.44 bits per heavy atom. The first-order valence-electron chi connectivity index (χ1n) is 6.59. The van der Waals surface area contributed by atoms with Crippen molar-refractivity contribution in [1.29, 1.82) is 0 Å². The first kappa shape index (κ1) is 13.9. The summed E-state index contributed by atoms with van der Waals surface area (Å²) < 4.78 is 4.98. The van der Waals surface area contributed by atoms with E-state index in [9.17, 15) is 5.11 Å². The van der Waals surface area contributed by atoms with Crippen molar-refractivity contribution in [3.8, 4) is 0 Å². The number of rotatable bonds is 6. The Bertz CT molecular complexity index is 175. The smallest absolute Gasteiger partial charge is 0.0771 e. The highest BCUT2D eigenvalue weighted by molar-refractivity contribution is 4.85. The van der Waals surface area contributed by atoms with E-state index in [-0.39, 0.29) is 0 Å². The van der Waals surface area contributed by atoms with Crippen LogP contribution in [0.1, 0.15) is 45.4 Å². The molecule has 96 valence electrons. The van der Waals surface area contributed by atoms with Crippen LogP contribution in [0.4, 0.5) is 0 Å². The predicted molar refractivity (Wildman–Crippen MR) is 66.6 cm³/mol. The van der Waals surface area contributed by atoms with Gasteiger partial charge in [-0.1, -0.05) is 25.7 Å². The summed E-state index contributed by atoms with van der Waals surface area (Å²) in [6.07, 6.45) is 7.59. The predicted octanol–water partition coefficient (Wildman–Crippen LogP) is 1.94. The van der Waals surface area contributed by atoms with Gasteiger partial charge < -0.3 is 15.2 Å². The van der Waals surface area contributed by atoms with E-state index >= 15 is 0 Å². The molecule has 0 aromatic heterocycles. The van der Waals surface area contributed by atoms with Gasteiger partial charge in [-0.25, -0.2) is 0 Å². The highest BCUT2D eigenvalue weighted by Gasteiger charge is 2.31. The molecular formula is C13H27NO2. The largest absolute Gasteiger partial charge is 0.389 e. The Kier molecular flexibility index (Phi) is 6.32. The van der Waals surface area contributed by atoms with Gasteiger partial charge in [-0.2, -0.15) is 0 Å². The maximum absolute atomic E-state index is 10.5. The third-order valence-corrected chi connectivity index (χ3v) is 3.70. The van der Waals surface area contributed by atoms with Gasteiger partial charge in [-0.15, -0.1) is 0 Å². The number of hydrogen-bond acceptors (Lipinski definition) is 3. The molecule has 0 aromatic carbocycles. The summed E-state index contributed by atoms with van der Waals surface area (Å²) in [6, 6.07) is 0. The Labute approximate surface area is 99.6 Å². The minimum Gasteiger partial charge on any atom is -0.389 e. The second kappa shape index (κ2) is 7.25. The highest BCUT2D eigenvalue weighted by Crippen LogP contribution is 2.31. The minimum atomic E-state index is -0.557. The third kappa shape index (κ3) is 4.81. The molecule has 1 fully saturated rings. The molecule has 3 nitrogen and oxygen atoms in total. The van der Waals surface area contributed by atoms with Crippen molar-refractivity contribution < 1.29 is 9.84 Å². The number of nitrogens with one attached hydrogen (secondary N) is 1. The van der Waals surface area contributed by atoms with Crippen LogP contribution in [-0.2, 0) is 4.74 Å². The van der Waals surface area contributed by atoms with Gasteiger partial charge in [0.15, 0.2) is 0 Å². The molecule has 1 aliphatic rings. The number of ether oxygens (including phenoxy) is 1. The van der Waals surface area contributed by atoms with Crippen molar-refractivity contribution >= 4 is 0 Å². The molecule has 3 heteroatoms. The molecule has 0 aromatic rings. The van der Waals surface area contributed by atoms with E-state index in [1.165, 1.54) is 38.5 Å². The van der Waals surface area contributed by atoms with Gasteiger partial charge in [-0.3, -0.25) is 0 Å². The molecule has 0 heterocycles. The molecule has 1 aliphatic carbocycles. The molecule has 1 unspecified atom stereocenters. The molecule has 16 heavy (non-hydrogen) atoms. The van der Waals surface area contributed by atoms with E-state index in [0.29, 0.717) is 19.1 Å². The van der Waals surface area contributed by atoms with Gasteiger partial charge in [0, 0.05) is 20.2 Å². The summed E-state index contributed by atoms with van der Waals surface area (Å²) >= 11 is 0. The lowest BCUT2D eigenvalue weighted by molar-refractivity contribution is -0.00733. The molecule has 1 atom stereocenters. The van der Waals surface area contributed by atoms with Crippen LogP contribution in [0.3, 0.4) is 0 Å². The molecule has 2 N–H and O–H groups in total. The first-order valence-corrected chi connectivity index (χ1v) is 6.59. The Morgan fingerprint density at radius 1 is 1.25 bits per heavy atom. The molecule has 0 saturated heterocycles. The lowest BCUT2D eigenvalue weighted by Gasteiger charge is -2.32. The molecule has 0 spiro atoms. The zero-order valence-corrected chi connectivity index (χ0v) is 10.8. The number of hydrogen-bond donors (Lipinski definition) is 2. The van der Waals surface area contributed by atoms with Crippen LogP contribution >= 0.6 is 0 Å². The van der Waals surface area contributed by atoms with Gasteiger partial charge in [-0.05, 0) is 25.7 Å². The molecule has 0 radical (unpaired) electrons. The van der Waals surface area contributed by atoms with E-state index in [0.717, 1.165) is 6.54 Å². The normalized spacial score (nSPS) is 22.7. The average molecular weight is 229 g/mol. The quantitative estimate of drug-likeness (QED) is 0.540. The lowest BCUT2D eigenvalue weighted by atomic mass is 9.83. The Morgan fingerprint density at radius 2 is 1.88 bits per heavy atom. The van der Waals surface area contributed by atoms with Gasteiger partial charge in [0.25, 0.3) is 0 Å². The second-order valence-electron chi connectivity index (χ2n) is 5.22. The first-order chi connectivity index (χ1) is 7.67. The van der Waals surface area contributed by atoms with Crippen LogP contribution in [0.5, 0.6) is 0 Å². The van der Waals surface area contributed by atoms with E-state index in [2.05, 4.69) is 5.32 Å². The minimum absolute atomic E-state index is 0.463.